The van der Waals surface area contributed by atoms with E-state index in [2.05, 4.69) is 42.7 Å². The number of aromatic nitrogens is 1. The summed E-state index contributed by atoms with van der Waals surface area (Å²) in [7, 11) is -2.94. The second kappa shape index (κ2) is 16.3. The fourth-order valence-electron chi connectivity index (χ4n) is 5.03. The zero-order valence-corrected chi connectivity index (χ0v) is 25.9. The van der Waals surface area contributed by atoms with Crippen LogP contribution in [0.1, 0.15) is 32.4 Å². The van der Waals surface area contributed by atoms with Crippen molar-refractivity contribution in [2.45, 2.75) is 33.0 Å². The Kier molecular flexibility index (Phi) is 12.6. The van der Waals surface area contributed by atoms with Crippen LogP contribution in [0.4, 0.5) is 4.39 Å². The SMILES string of the molecule is CCOP(C)(=O)Cn1c(-c2ccc(F)cc2)c(-c2ccccc2)c(-c2ccccc2)c1C(C)C.N=C=O.c1ccccc1. The van der Waals surface area contributed by atoms with Crippen molar-refractivity contribution in [2.24, 2.45) is 0 Å². The predicted molar refractivity (Wildman–Crippen MR) is 175 cm³/mol. The summed E-state index contributed by atoms with van der Waals surface area (Å²) in [5, 5.41) is 5.40. The van der Waals surface area contributed by atoms with E-state index in [9.17, 15) is 8.96 Å². The Balaban J connectivity index is 0.000000486. The van der Waals surface area contributed by atoms with Crippen molar-refractivity contribution in [3.8, 4) is 33.5 Å². The maximum atomic E-state index is 13.9. The molecule has 222 valence electrons. The summed E-state index contributed by atoms with van der Waals surface area (Å²) in [4.78, 5) is 8.35. The maximum Gasteiger partial charge on any atom is 0.231 e. The lowest BCUT2D eigenvalue weighted by molar-refractivity contribution is 0.331. The summed E-state index contributed by atoms with van der Waals surface area (Å²) in [5.41, 5.74) is 7.21. The number of hydrogen-bond donors (Lipinski definition) is 1. The molecule has 0 fully saturated rings. The van der Waals surface area contributed by atoms with Gasteiger partial charge in [-0.3, -0.25) is 4.57 Å². The fraction of sp³-hybridized carbons (Fsp3) is 0.194. The van der Waals surface area contributed by atoms with Crippen molar-refractivity contribution < 1.29 is 18.3 Å². The molecule has 0 aliphatic heterocycles. The van der Waals surface area contributed by atoms with Crippen LogP contribution in [0.15, 0.2) is 121 Å². The molecule has 1 unspecified atom stereocenters. The molecule has 7 heteroatoms. The monoisotopic (exact) mass is 596 g/mol. The lowest BCUT2D eigenvalue weighted by atomic mass is 9.91. The van der Waals surface area contributed by atoms with E-state index in [1.807, 2.05) is 79.7 Å². The smallest absolute Gasteiger partial charge is 0.231 e. The molecule has 43 heavy (non-hydrogen) atoms. The number of carbonyl (C=O) groups excluding carboxylic acids is 1. The van der Waals surface area contributed by atoms with Gasteiger partial charge in [-0.25, -0.2) is 14.6 Å². The molecule has 4 aromatic carbocycles. The highest BCUT2D eigenvalue weighted by molar-refractivity contribution is 7.57. The first-order valence-corrected chi connectivity index (χ1v) is 16.4. The van der Waals surface area contributed by atoms with Gasteiger partial charge in [0.2, 0.25) is 13.4 Å². The summed E-state index contributed by atoms with van der Waals surface area (Å²) in [6, 6.07) is 39.1. The molecule has 1 atom stereocenters. The Hall–Kier alpha value is -4.34. The number of nitrogens with one attached hydrogen (secondary N) is 1. The summed E-state index contributed by atoms with van der Waals surface area (Å²) >= 11 is 0. The molecule has 1 heterocycles. The van der Waals surface area contributed by atoms with Crippen LogP contribution in [-0.4, -0.2) is 23.9 Å². The number of hydrogen-bond acceptors (Lipinski definition) is 4. The van der Waals surface area contributed by atoms with Gasteiger partial charge < -0.3 is 9.09 Å². The highest BCUT2D eigenvalue weighted by Gasteiger charge is 2.30. The third-order valence-electron chi connectivity index (χ3n) is 6.56. The van der Waals surface area contributed by atoms with Gasteiger partial charge in [-0.05, 0) is 53.8 Å². The second-order valence-corrected chi connectivity index (χ2v) is 12.7. The Morgan fingerprint density at radius 1 is 0.767 bits per heavy atom. The van der Waals surface area contributed by atoms with Crippen molar-refractivity contribution in [1.29, 1.82) is 5.41 Å². The first-order chi connectivity index (χ1) is 20.7. The van der Waals surface area contributed by atoms with Crippen molar-refractivity contribution in [1.82, 2.24) is 4.57 Å². The number of benzene rings is 4. The van der Waals surface area contributed by atoms with E-state index < -0.39 is 7.37 Å². The van der Waals surface area contributed by atoms with Crippen LogP contribution < -0.4 is 0 Å². The van der Waals surface area contributed by atoms with Crippen LogP contribution in [0.2, 0.25) is 0 Å². The Morgan fingerprint density at radius 2 is 1.19 bits per heavy atom. The fourth-order valence-corrected chi connectivity index (χ4v) is 6.47. The molecular weight excluding hydrogens is 558 g/mol. The molecule has 0 radical (unpaired) electrons. The molecular formula is C36H38FN2O3P. The van der Waals surface area contributed by atoms with Crippen LogP contribution in [0.5, 0.6) is 0 Å². The van der Waals surface area contributed by atoms with Crippen molar-refractivity contribution >= 4 is 13.4 Å². The van der Waals surface area contributed by atoms with Crippen molar-refractivity contribution in [3.05, 3.63) is 133 Å². The number of isocyanates is 1. The Labute approximate surface area is 254 Å². The molecule has 0 aliphatic rings. The molecule has 0 spiro atoms. The highest BCUT2D eigenvalue weighted by Crippen LogP contribution is 2.52. The Bertz CT molecular complexity index is 1600. The summed E-state index contributed by atoms with van der Waals surface area (Å²) in [6.07, 6.45) is 0.994. The molecule has 5 aromatic rings. The van der Waals surface area contributed by atoms with E-state index in [-0.39, 0.29) is 18.0 Å². The van der Waals surface area contributed by atoms with Gasteiger partial charge in [-0.2, -0.15) is 0 Å². The average molecular weight is 597 g/mol. The topological polar surface area (TPSA) is 72.2 Å². The maximum absolute atomic E-state index is 13.9. The minimum atomic E-state index is -2.94. The van der Waals surface area contributed by atoms with Gasteiger partial charge in [-0.15, -0.1) is 0 Å². The zero-order valence-electron chi connectivity index (χ0n) is 25.0. The van der Waals surface area contributed by atoms with Gasteiger partial charge in [0.25, 0.3) is 0 Å². The van der Waals surface area contributed by atoms with E-state index in [0.717, 1.165) is 45.3 Å². The predicted octanol–water partition coefficient (Wildman–Crippen LogP) is 10.2. The average Bonchev–Trinajstić information content (AvgIpc) is 3.34. The van der Waals surface area contributed by atoms with Gasteiger partial charge in [-0.1, -0.05) is 111 Å². The third-order valence-corrected chi connectivity index (χ3v) is 8.16. The molecule has 1 N–H and O–H groups in total. The lowest BCUT2D eigenvalue weighted by Gasteiger charge is -2.21. The lowest BCUT2D eigenvalue weighted by Crippen LogP contribution is -2.09. The molecule has 5 nitrogen and oxygen atoms in total. The molecule has 5 rings (SSSR count). The normalized spacial score (nSPS) is 11.8. The summed E-state index contributed by atoms with van der Waals surface area (Å²) in [5.74, 6) is -0.139. The number of rotatable bonds is 8. The standard InChI is InChI=1S/C29H31FNO2P.C6H6.CHNO/c1-5-33-34(4,32)20-31-28(21(2)3)26(22-12-8-6-9-13-22)27(23-14-10-7-11-15-23)29(31)24-16-18-25(30)19-17-24;1-2-4-6-5-3-1;2-1-3/h6-19,21H,5,20H2,1-4H3;1-6H;2H. The van der Waals surface area contributed by atoms with Gasteiger partial charge in [0.1, 0.15) is 5.82 Å². The molecule has 0 saturated heterocycles. The Morgan fingerprint density at radius 3 is 1.60 bits per heavy atom. The summed E-state index contributed by atoms with van der Waals surface area (Å²) in [6.45, 7) is 8.25. The molecule has 0 amide bonds. The quantitative estimate of drug-likeness (QED) is 0.110. The van der Waals surface area contributed by atoms with E-state index in [1.165, 1.54) is 12.1 Å². The largest absolute Gasteiger partial charge is 0.334 e. The van der Waals surface area contributed by atoms with Crippen LogP contribution in [0.25, 0.3) is 33.5 Å². The van der Waals surface area contributed by atoms with Crippen LogP contribution >= 0.6 is 7.37 Å². The van der Waals surface area contributed by atoms with Gasteiger partial charge in [0, 0.05) is 23.5 Å². The molecule has 1 aromatic heterocycles. The minimum Gasteiger partial charge on any atom is -0.334 e. The first kappa shape index (κ1) is 33.2. The number of halogens is 1. The van der Waals surface area contributed by atoms with E-state index in [0.29, 0.717) is 6.61 Å². The molecule has 0 aliphatic carbocycles. The van der Waals surface area contributed by atoms with Gasteiger partial charge in [0.15, 0.2) is 0 Å². The molecule has 0 bridgehead atoms. The van der Waals surface area contributed by atoms with Crippen molar-refractivity contribution in [3.63, 3.8) is 0 Å². The summed E-state index contributed by atoms with van der Waals surface area (Å²) < 4.78 is 35.3. The van der Waals surface area contributed by atoms with Crippen molar-refractivity contribution in [2.75, 3.05) is 13.3 Å². The van der Waals surface area contributed by atoms with E-state index in [4.69, 9.17) is 14.7 Å². The second-order valence-electron chi connectivity index (χ2n) is 10.1. The first-order valence-electron chi connectivity index (χ1n) is 14.1. The van der Waals surface area contributed by atoms with E-state index >= 15 is 0 Å². The van der Waals surface area contributed by atoms with Crippen LogP contribution in [0.3, 0.4) is 0 Å². The number of nitrogens with zero attached hydrogens (tertiary/aromatic N) is 1. The minimum absolute atomic E-state index is 0.147. The third kappa shape index (κ3) is 9.07. The molecule has 0 saturated carbocycles. The van der Waals surface area contributed by atoms with E-state index in [1.54, 1.807) is 18.8 Å². The zero-order chi connectivity index (χ0) is 31.2. The van der Waals surface area contributed by atoms with Gasteiger partial charge >= 0.3 is 0 Å². The van der Waals surface area contributed by atoms with Gasteiger partial charge in [0.05, 0.1) is 18.6 Å². The van der Waals surface area contributed by atoms with Crippen LogP contribution in [0, 0.1) is 11.2 Å². The van der Waals surface area contributed by atoms with Crippen LogP contribution in [-0.2, 0) is 20.2 Å². The highest BCUT2D eigenvalue weighted by atomic mass is 31.2.